The quantitative estimate of drug-likeness (QED) is 0.428. The van der Waals surface area contributed by atoms with Gasteiger partial charge in [0.1, 0.15) is 0 Å². The maximum Gasteiger partial charge on any atom is 0.191 e. The molecular formula is C19H31N3OS. The van der Waals surface area contributed by atoms with E-state index in [-0.39, 0.29) is 0 Å². The topological polar surface area (TPSA) is 45.6 Å². The summed E-state index contributed by atoms with van der Waals surface area (Å²) in [7, 11) is 1.84. The van der Waals surface area contributed by atoms with Crippen molar-refractivity contribution in [1.82, 2.24) is 10.6 Å². The Labute approximate surface area is 150 Å². The number of benzene rings is 1. The van der Waals surface area contributed by atoms with Crippen molar-refractivity contribution >= 4 is 17.7 Å². The maximum absolute atomic E-state index is 5.70. The van der Waals surface area contributed by atoms with Crippen LogP contribution in [0.2, 0.25) is 0 Å². The zero-order valence-corrected chi connectivity index (χ0v) is 16.0. The van der Waals surface area contributed by atoms with Gasteiger partial charge in [-0.2, -0.15) is 11.8 Å². The molecule has 0 bridgehead atoms. The average Bonchev–Trinajstić information content (AvgIpc) is 3.07. The fourth-order valence-corrected chi connectivity index (χ4v) is 3.85. The van der Waals surface area contributed by atoms with Crippen LogP contribution in [0.25, 0.3) is 0 Å². The SMILES string of the molecule is CCCOCc1ccccc1CNC(=NC)NC1CCC(SC)C1. The Morgan fingerprint density at radius 2 is 2.08 bits per heavy atom. The van der Waals surface area contributed by atoms with Crippen LogP contribution in [-0.4, -0.2) is 37.2 Å². The van der Waals surface area contributed by atoms with E-state index in [2.05, 4.69) is 53.1 Å². The first-order valence-corrected chi connectivity index (χ1v) is 10.2. The molecule has 2 rings (SSSR count). The molecule has 2 atom stereocenters. The molecule has 2 N–H and O–H groups in total. The zero-order valence-electron chi connectivity index (χ0n) is 15.2. The van der Waals surface area contributed by atoms with Crippen LogP contribution in [0.1, 0.15) is 43.7 Å². The number of nitrogens with one attached hydrogen (secondary N) is 2. The molecule has 24 heavy (non-hydrogen) atoms. The lowest BCUT2D eigenvalue weighted by Gasteiger charge is -2.18. The summed E-state index contributed by atoms with van der Waals surface area (Å²) in [6.07, 6.45) is 7.01. The van der Waals surface area contributed by atoms with E-state index < -0.39 is 0 Å². The predicted octanol–water partition coefficient (Wildman–Crippen LogP) is 3.56. The molecule has 1 saturated carbocycles. The van der Waals surface area contributed by atoms with E-state index in [0.29, 0.717) is 12.6 Å². The molecule has 0 aliphatic heterocycles. The Morgan fingerprint density at radius 3 is 2.75 bits per heavy atom. The van der Waals surface area contributed by atoms with Gasteiger partial charge >= 0.3 is 0 Å². The Morgan fingerprint density at radius 1 is 1.29 bits per heavy atom. The number of ether oxygens (including phenoxy) is 1. The van der Waals surface area contributed by atoms with Gasteiger partial charge in [0.25, 0.3) is 0 Å². The molecule has 0 saturated heterocycles. The van der Waals surface area contributed by atoms with Gasteiger partial charge in [-0.25, -0.2) is 0 Å². The smallest absolute Gasteiger partial charge is 0.191 e. The minimum atomic E-state index is 0.539. The molecule has 2 unspecified atom stereocenters. The number of hydrogen-bond acceptors (Lipinski definition) is 3. The number of aliphatic imine (C=N–C) groups is 1. The van der Waals surface area contributed by atoms with E-state index in [0.717, 1.165) is 30.8 Å². The molecule has 1 aliphatic rings. The lowest BCUT2D eigenvalue weighted by molar-refractivity contribution is 0.121. The van der Waals surface area contributed by atoms with Gasteiger partial charge < -0.3 is 15.4 Å². The molecular weight excluding hydrogens is 318 g/mol. The molecule has 1 aromatic carbocycles. The lowest BCUT2D eigenvalue weighted by Crippen LogP contribution is -2.42. The molecule has 4 nitrogen and oxygen atoms in total. The van der Waals surface area contributed by atoms with Gasteiger partial charge in [0.15, 0.2) is 5.96 Å². The van der Waals surface area contributed by atoms with Crippen molar-refractivity contribution in [3.05, 3.63) is 35.4 Å². The third-order valence-electron chi connectivity index (χ3n) is 4.45. The van der Waals surface area contributed by atoms with Gasteiger partial charge in [0.2, 0.25) is 0 Å². The Balaban J connectivity index is 1.85. The summed E-state index contributed by atoms with van der Waals surface area (Å²) in [6.45, 7) is 4.39. The predicted molar refractivity (Wildman–Crippen MR) is 105 cm³/mol. The maximum atomic E-state index is 5.70. The zero-order chi connectivity index (χ0) is 17.2. The van der Waals surface area contributed by atoms with Crippen molar-refractivity contribution in [1.29, 1.82) is 0 Å². The van der Waals surface area contributed by atoms with E-state index in [9.17, 15) is 0 Å². The van der Waals surface area contributed by atoms with Gasteiger partial charge in [-0.15, -0.1) is 0 Å². The van der Waals surface area contributed by atoms with Crippen molar-refractivity contribution in [3.8, 4) is 0 Å². The summed E-state index contributed by atoms with van der Waals surface area (Å²) in [5.41, 5.74) is 2.52. The fraction of sp³-hybridized carbons (Fsp3) is 0.632. The van der Waals surface area contributed by atoms with Gasteiger partial charge in [-0.3, -0.25) is 4.99 Å². The normalized spacial score (nSPS) is 21.0. The monoisotopic (exact) mass is 349 g/mol. The van der Waals surface area contributed by atoms with Crippen molar-refractivity contribution < 1.29 is 4.74 Å². The van der Waals surface area contributed by atoms with Crippen LogP contribution in [-0.2, 0) is 17.9 Å². The summed E-state index contributed by atoms with van der Waals surface area (Å²) in [4.78, 5) is 4.38. The number of guanidine groups is 1. The molecule has 1 aliphatic carbocycles. The average molecular weight is 350 g/mol. The summed E-state index contributed by atoms with van der Waals surface area (Å²) >= 11 is 1.98. The highest BCUT2D eigenvalue weighted by Gasteiger charge is 2.24. The first-order valence-electron chi connectivity index (χ1n) is 8.91. The van der Waals surface area contributed by atoms with Crippen molar-refractivity contribution in [2.45, 2.75) is 57.1 Å². The summed E-state index contributed by atoms with van der Waals surface area (Å²) in [5, 5.41) is 7.81. The summed E-state index contributed by atoms with van der Waals surface area (Å²) in [6, 6.07) is 8.99. The number of nitrogens with zero attached hydrogens (tertiary/aromatic N) is 1. The van der Waals surface area contributed by atoms with Crippen molar-refractivity contribution in [2.24, 2.45) is 4.99 Å². The van der Waals surface area contributed by atoms with E-state index in [1.807, 2.05) is 18.8 Å². The van der Waals surface area contributed by atoms with E-state index in [1.54, 1.807) is 0 Å². The van der Waals surface area contributed by atoms with Crippen molar-refractivity contribution in [3.63, 3.8) is 0 Å². The summed E-state index contributed by atoms with van der Waals surface area (Å²) < 4.78 is 5.70. The molecule has 5 heteroatoms. The second-order valence-corrected chi connectivity index (χ2v) is 7.40. The molecule has 0 heterocycles. The Kier molecular flexibility index (Phi) is 8.47. The second-order valence-electron chi connectivity index (χ2n) is 6.26. The van der Waals surface area contributed by atoms with E-state index >= 15 is 0 Å². The first kappa shape index (κ1) is 19.1. The molecule has 1 aromatic rings. The molecule has 134 valence electrons. The number of rotatable bonds is 8. The second kappa shape index (κ2) is 10.6. The van der Waals surface area contributed by atoms with Crippen LogP contribution >= 0.6 is 11.8 Å². The largest absolute Gasteiger partial charge is 0.377 e. The van der Waals surface area contributed by atoms with Gasteiger partial charge in [-0.1, -0.05) is 31.2 Å². The number of thioether (sulfide) groups is 1. The minimum Gasteiger partial charge on any atom is -0.377 e. The molecule has 0 radical (unpaired) electrons. The van der Waals surface area contributed by atoms with Gasteiger partial charge in [0.05, 0.1) is 6.61 Å². The van der Waals surface area contributed by atoms with Crippen LogP contribution in [0.5, 0.6) is 0 Å². The Bertz CT molecular complexity index is 521. The lowest BCUT2D eigenvalue weighted by atomic mass is 10.1. The van der Waals surface area contributed by atoms with Crippen LogP contribution in [0.4, 0.5) is 0 Å². The van der Waals surface area contributed by atoms with Crippen LogP contribution in [0.3, 0.4) is 0 Å². The van der Waals surface area contributed by atoms with Crippen molar-refractivity contribution in [2.75, 3.05) is 19.9 Å². The van der Waals surface area contributed by atoms with Gasteiger partial charge in [-0.05, 0) is 43.1 Å². The molecule has 0 amide bonds. The third-order valence-corrected chi connectivity index (χ3v) is 5.55. The van der Waals surface area contributed by atoms with E-state index in [1.165, 1.54) is 30.4 Å². The highest BCUT2D eigenvalue weighted by molar-refractivity contribution is 7.99. The highest BCUT2D eigenvalue weighted by atomic mass is 32.2. The number of hydrogen-bond donors (Lipinski definition) is 2. The fourth-order valence-electron chi connectivity index (χ4n) is 3.05. The minimum absolute atomic E-state index is 0.539. The third kappa shape index (κ3) is 6.02. The Hall–Kier alpha value is -1.20. The van der Waals surface area contributed by atoms with Crippen LogP contribution in [0.15, 0.2) is 29.3 Å². The molecule has 0 aromatic heterocycles. The molecule has 0 spiro atoms. The van der Waals surface area contributed by atoms with Crippen LogP contribution in [0, 0.1) is 0 Å². The summed E-state index contributed by atoms with van der Waals surface area (Å²) in [5.74, 6) is 0.894. The first-order chi connectivity index (χ1) is 11.8. The highest BCUT2D eigenvalue weighted by Crippen LogP contribution is 2.28. The van der Waals surface area contributed by atoms with Crippen LogP contribution < -0.4 is 10.6 Å². The molecule has 1 fully saturated rings. The standard InChI is InChI=1S/C19H31N3OS/c1-4-11-23-14-16-8-6-5-7-15(16)13-21-19(20-2)22-17-9-10-18(12-17)24-3/h5-8,17-18H,4,9-14H2,1-3H3,(H2,20,21,22). The van der Waals surface area contributed by atoms with Gasteiger partial charge in [0, 0.05) is 31.5 Å². The van der Waals surface area contributed by atoms with E-state index in [4.69, 9.17) is 4.74 Å².